The summed E-state index contributed by atoms with van der Waals surface area (Å²) in [5.41, 5.74) is 0. The van der Waals surface area contributed by atoms with Crippen molar-refractivity contribution in [3.05, 3.63) is 0 Å². The Morgan fingerprint density at radius 3 is 2.53 bits per heavy atom. The Labute approximate surface area is 114 Å². The number of hydrogen-bond acceptors (Lipinski definition) is 3. The Kier molecular flexibility index (Phi) is 4.80. The van der Waals surface area contributed by atoms with Gasteiger partial charge in [0, 0.05) is 32.0 Å². The van der Waals surface area contributed by atoms with E-state index in [-0.39, 0.29) is 18.2 Å². The first-order chi connectivity index (χ1) is 9.06. The average molecular weight is 268 g/mol. The molecule has 0 aliphatic carbocycles. The Balaban J connectivity index is 1.76. The Hall–Kier alpha value is -1.10. The number of amides is 1. The third-order valence-corrected chi connectivity index (χ3v) is 4.22. The molecule has 2 fully saturated rings. The van der Waals surface area contributed by atoms with Crippen molar-refractivity contribution in [1.82, 2.24) is 9.80 Å². The largest absolute Gasteiger partial charge is 0.481 e. The lowest BCUT2D eigenvalue weighted by atomic mass is 10.0. The smallest absolute Gasteiger partial charge is 0.303 e. The van der Waals surface area contributed by atoms with Crippen LogP contribution in [0.3, 0.4) is 0 Å². The zero-order valence-electron chi connectivity index (χ0n) is 11.7. The van der Waals surface area contributed by atoms with Crippen molar-refractivity contribution in [2.75, 3.05) is 26.2 Å². The van der Waals surface area contributed by atoms with E-state index < -0.39 is 5.97 Å². The first kappa shape index (κ1) is 14.3. The lowest BCUT2D eigenvalue weighted by molar-refractivity contribution is -0.138. The monoisotopic (exact) mass is 268 g/mol. The first-order valence-electron chi connectivity index (χ1n) is 7.30. The van der Waals surface area contributed by atoms with E-state index in [1.54, 1.807) is 0 Å². The Morgan fingerprint density at radius 2 is 1.89 bits per heavy atom. The van der Waals surface area contributed by atoms with Gasteiger partial charge in [-0.15, -0.1) is 0 Å². The van der Waals surface area contributed by atoms with E-state index >= 15 is 0 Å². The minimum absolute atomic E-state index is 0.0733. The molecule has 108 valence electrons. The van der Waals surface area contributed by atoms with Crippen molar-refractivity contribution in [2.45, 2.75) is 45.1 Å². The van der Waals surface area contributed by atoms with Crippen molar-refractivity contribution >= 4 is 11.9 Å². The molecule has 2 rings (SSSR count). The number of carboxylic acid groups (broad SMARTS) is 1. The molecule has 2 unspecified atom stereocenters. The van der Waals surface area contributed by atoms with Crippen LogP contribution in [0.15, 0.2) is 0 Å². The second-order valence-electron chi connectivity index (χ2n) is 5.93. The van der Waals surface area contributed by atoms with Gasteiger partial charge in [0.15, 0.2) is 0 Å². The third-order valence-electron chi connectivity index (χ3n) is 4.22. The fourth-order valence-electron chi connectivity index (χ4n) is 3.17. The number of aliphatic carboxylic acids is 1. The second-order valence-corrected chi connectivity index (χ2v) is 5.93. The number of carbonyl (C=O) groups excluding carboxylic acids is 1. The normalized spacial score (nSPS) is 25.7. The highest BCUT2D eigenvalue weighted by Crippen LogP contribution is 2.22. The van der Waals surface area contributed by atoms with Crippen LogP contribution in [0.4, 0.5) is 0 Å². The maximum absolute atomic E-state index is 12.1. The number of likely N-dealkylation sites (tertiary alicyclic amines) is 2. The topological polar surface area (TPSA) is 60.9 Å². The van der Waals surface area contributed by atoms with Gasteiger partial charge in [-0.3, -0.25) is 14.5 Å². The van der Waals surface area contributed by atoms with Gasteiger partial charge >= 0.3 is 5.97 Å². The standard InChI is InChI=1S/C14H24N2O3/c1-11(9-14(18)19)8-13(17)16-7-4-12(10-16)15-5-2-3-6-15/h11-12H,2-10H2,1H3,(H,18,19). The van der Waals surface area contributed by atoms with E-state index in [9.17, 15) is 9.59 Å². The number of carboxylic acids is 1. The lowest BCUT2D eigenvalue weighted by Crippen LogP contribution is -2.37. The SMILES string of the molecule is CC(CC(=O)O)CC(=O)N1CCC(N2CCCC2)C1. The van der Waals surface area contributed by atoms with Gasteiger partial charge < -0.3 is 10.0 Å². The number of hydrogen-bond donors (Lipinski definition) is 1. The van der Waals surface area contributed by atoms with Gasteiger partial charge in [-0.25, -0.2) is 0 Å². The quantitative estimate of drug-likeness (QED) is 0.813. The molecule has 2 atom stereocenters. The van der Waals surface area contributed by atoms with Crippen molar-refractivity contribution in [2.24, 2.45) is 5.92 Å². The predicted octanol–water partition coefficient (Wildman–Crippen LogP) is 1.18. The molecular weight excluding hydrogens is 244 g/mol. The Bertz CT molecular complexity index is 340. The van der Waals surface area contributed by atoms with Crippen LogP contribution in [0, 0.1) is 5.92 Å². The van der Waals surface area contributed by atoms with Gasteiger partial charge in [0.25, 0.3) is 0 Å². The Morgan fingerprint density at radius 1 is 1.21 bits per heavy atom. The van der Waals surface area contributed by atoms with Crippen LogP contribution < -0.4 is 0 Å². The fourth-order valence-corrected chi connectivity index (χ4v) is 3.17. The van der Waals surface area contributed by atoms with Crippen LogP contribution >= 0.6 is 0 Å². The molecule has 2 heterocycles. The summed E-state index contributed by atoms with van der Waals surface area (Å²) in [7, 11) is 0. The summed E-state index contributed by atoms with van der Waals surface area (Å²) in [6.45, 7) is 5.84. The minimum atomic E-state index is -0.823. The number of nitrogens with zero attached hydrogens (tertiary/aromatic N) is 2. The molecule has 0 aromatic carbocycles. The molecule has 0 aromatic rings. The lowest BCUT2D eigenvalue weighted by Gasteiger charge is -2.24. The highest BCUT2D eigenvalue weighted by molar-refractivity contribution is 5.77. The van der Waals surface area contributed by atoms with Gasteiger partial charge in [0.2, 0.25) is 5.91 Å². The third kappa shape index (κ3) is 3.93. The van der Waals surface area contributed by atoms with Crippen molar-refractivity contribution < 1.29 is 14.7 Å². The second kappa shape index (κ2) is 6.37. The summed E-state index contributed by atoms with van der Waals surface area (Å²) < 4.78 is 0. The van der Waals surface area contributed by atoms with E-state index in [1.165, 1.54) is 25.9 Å². The minimum Gasteiger partial charge on any atom is -0.481 e. The van der Waals surface area contributed by atoms with E-state index in [0.29, 0.717) is 12.5 Å². The molecule has 1 amide bonds. The number of carbonyl (C=O) groups is 2. The van der Waals surface area contributed by atoms with E-state index in [0.717, 1.165) is 19.5 Å². The molecule has 2 saturated heterocycles. The summed E-state index contributed by atoms with van der Waals surface area (Å²) >= 11 is 0. The zero-order valence-corrected chi connectivity index (χ0v) is 11.7. The molecule has 0 saturated carbocycles. The highest BCUT2D eigenvalue weighted by Gasteiger charge is 2.31. The molecule has 0 radical (unpaired) electrons. The van der Waals surface area contributed by atoms with Crippen LogP contribution in [-0.2, 0) is 9.59 Å². The van der Waals surface area contributed by atoms with E-state index in [4.69, 9.17) is 5.11 Å². The van der Waals surface area contributed by atoms with Crippen LogP contribution in [0.25, 0.3) is 0 Å². The molecular formula is C14H24N2O3. The summed E-state index contributed by atoms with van der Waals surface area (Å²) in [5.74, 6) is -0.775. The number of rotatable bonds is 5. The maximum Gasteiger partial charge on any atom is 0.303 e. The molecule has 2 aliphatic rings. The molecule has 1 N–H and O–H groups in total. The van der Waals surface area contributed by atoms with Gasteiger partial charge in [-0.05, 0) is 38.3 Å². The summed E-state index contributed by atoms with van der Waals surface area (Å²) in [4.78, 5) is 27.1. The van der Waals surface area contributed by atoms with Crippen LogP contribution in [-0.4, -0.2) is 59.0 Å². The summed E-state index contributed by atoms with van der Waals surface area (Å²) in [5, 5.41) is 8.72. The molecule has 5 heteroatoms. The van der Waals surface area contributed by atoms with Gasteiger partial charge in [-0.1, -0.05) is 6.92 Å². The molecule has 2 aliphatic heterocycles. The van der Waals surface area contributed by atoms with Gasteiger partial charge in [0.1, 0.15) is 0 Å². The van der Waals surface area contributed by atoms with Crippen LogP contribution in [0.5, 0.6) is 0 Å². The maximum atomic E-state index is 12.1. The van der Waals surface area contributed by atoms with Crippen LogP contribution in [0.1, 0.15) is 39.0 Å². The predicted molar refractivity (Wildman–Crippen MR) is 71.8 cm³/mol. The molecule has 0 aromatic heterocycles. The van der Waals surface area contributed by atoms with Crippen molar-refractivity contribution in [1.29, 1.82) is 0 Å². The molecule has 0 spiro atoms. The van der Waals surface area contributed by atoms with Gasteiger partial charge in [0.05, 0.1) is 0 Å². The van der Waals surface area contributed by atoms with Crippen LogP contribution in [0.2, 0.25) is 0 Å². The summed E-state index contributed by atoms with van der Waals surface area (Å²) in [6, 6.07) is 0.529. The van der Waals surface area contributed by atoms with Crippen molar-refractivity contribution in [3.8, 4) is 0 Å². The molecule has 5 nitrogen and oxygen atoms in total. The zero-order chi connectivity index (χ0) is 13.8. The molecule has 0 bridgehead atoms. The first-order valence-corrected chi connectivity index (χ1v) is 7.30. The highest BCUT2D eigenvalue weighted by atomic mass is 16.4. The van der Waals surface area contributed by atoms with E-state index in [2.05, 4.69) is 4.90 Å². The molecule has 19 heavy (non-hydrogen) atoms. The van der Waals surface area contributed by atoms with Gasteiger partial charge in [-0.2, -0.15) is 0 Å². The van der Waals surface area contributed by atoms with Crippen molar-refractivity contribution in [3.63, 3.8) is 0 Å². The fraction of sp³-hybridized carbons (Fsp3) is 0.857. The van der Waals surface area contributed by atoms with E-state index in [1.807, 2.05) is 11.8 Å². The summed E-state index contributed by atoms with van der Waals surface area (Å²) in [6.07, 6.45) is 4.06. The average Bonchev–Trinajstić information content (AvgIpc) is 2.99.